The molecular weight excluding hydrogens is 276 g/mol. The van der Waals surface area contributed by atoms with Crippen molar-refractivity contribution in [3.05, 3.63) is 47.4 Å². The molecule has 0 unspecified atom stereocenters. The van der Waals surface area contributed by atoms with Crippen LogP contribution in [0.4, 0.5) is 0 Å². The maximum absolute atomic E-state index is 11.3. The number of ketones is 1. The predicted molar refractivity (Wildman–Crippen MR) is 73.0 cm³/mol. The molecule has 0 aliphatic heterocycles. The summed E-state index contributed by atoms with van der Waals surface area (Å²) < 4.78 is 15.8. The van der Waals surface area contributed by atoms with Gasteiger partial charge in [0, 0.05) is 5.56 Å². The molecule has 110 valence electrons. The monoisotopic (exact) mass is 290 g/mol. The molecule has 6 heteroatoms. The number of benzene rings is 1. The highest BCUT2D eigenvalue weighted by atomic mass is 16.5. The minimum absolute atomic E-state index is 0.0586. The molecule has 0 saturated heterocycles. The Balaban J connectivity index is 2.11. The number of aromatic carboxylic acids is 1. The molecule has 0 atom stereocenters. The summed E-state index contributed by atoms with van der Waals surface area (Å²) in [7, 11) is 1.47. The molecule has 0 fully saturated rings. The summed E-state index contributed by atoms with van der Waals surface area (Å²) >= 11 is 0. The van der Waals surface area contributed by atoms with E-state index in [2.05, 4.69) is 0 Å². The van der Waals surface area contributed by atoms with E-state index in [0.29, 0.717) is 22.8 Å². The van der Waals surface area contributed by atoms with E-state index in [0.717, 1.165) is 6.26 Å². The number of carbonyl (C=O) groups excluding carboxylic acids is 1. The van der Waals surface area contributed by atoms with E-state index >= 15 is 0 Å². The maximum atomic E-state index is 11.3. The minimum Gasteiger partial charge on any atom is -0.493 e. The summed E-state index contributed by atoms with van der Waals surface area (Å²) in [6.07, 6.45) is 1.15. The highest BCUT2D eigenvalue weighted by Gasteiger charge is 2.11. The number of hydrogen-bond acceptors (Lipinski definition) is 5. The Morgan fingerprint density at radius 1 is 1.19 bits per heavy atom. The Labute approximate surface area is 120 Å². The Morgan fingerprint density at radius 2 is 1.95 bits per heavy atom. The van der Waals surface area contributed by atoms with Crippen molar-refractivity contribution in [3.63, 3.8) is 0 Å². The van der Waals surface area contributed by atoms with Gasteiger partial charge in [0.25, 0.3) is 0 Å². The number of carboxylic acids is 1. The first kappa shape index (κ1) is 14.6. The summed E-state index contributed by atoms with van der Waals surface area (Å²) in [5, 5.41) is 8.80. The Bertz CT molecular complexity index is 671. The Hall–Kier alpha value is -2.76. The number of furan rings is 1. The van der Waals surface area contributed by atoms with E-state index in [-0.39, 0.29) is 18.0 Å². The smallest absolute Gasteiger partial charge is 0.338 e. The van der Waals surface area contributed by atoms with Gasteiger partial charge in [-0.25, -0.2) is 4.79 Å². The van der Waals surface area contributed by atoms with E-state index < -0.39 is 5.97 Å². The van der Waals surface area contributed by atoms with Crippen LogP contribution in [0, 0.1) is 0 Å². The van der Waals surface area contributed by atoms with Gasteiger partial charge >= 0.3 is 5.97 Å². The first-order chi connectivity index (χ1) is 10.0. The third-order valence-electron chi connectivity index (χ3n) is 2.84. The number of rotatable bonds is 6. The molecule has 1 heterocycles. The van der Waals surface area contributed by atoms with Gasteiger partial charge in [-0.1, -0.05) is 0 Å². The number of Topliss-reactive ketones (excluding diaryl/α,β-unsaturated/α-hetero) is 1. The van der Waals surface area contributed by atoms with Gasteiger partial charge in [0.05, 0.1) is 12.7 Å². The minimum atomic E-state index is -1.06. The fraction of sp³-hybridized carbons (Fsp3) is 0.200. The van der Waals surface area contributed by atoms with Crippen molar-refractivity contribution >= 4 is 11.8 Å². The van der Waals surface area contributed by atoms with Crippen LogP contribution in [0.3, 0.4) is 0 Å². The topological polar surface area (TPSA) is 86.0 Å². The number of carboxylic acid groups (broad SMARTS) is 1. The van der Waals surface area contributed by atoms with Crippen LogP contribution in [0.2, 0.25) is 0 Å². The van der Waals surface area contributed by atoms with Crippen LogP contribution in [-0.4, -0.2) is 24.0 Å². The van der Waals surface area contributed by atoms with E-state index in [1.165, 1.54) is 20.1 Å². The van der Waals surface area contributed by atoms with Crippen LogP contribution in [0.1, 0.15) is 33.4 Å². The van der Waals surface area contributed by atoms with Crippen LogP contribution in [-0.2, 0) is 6.61 Å². The predicted octanol–water partition coefficient (Wildman–Crippen LogP) is 2.77. The van der Waals surface area contributed by atoms with Gasteiger partial charge in [-0.05, 0) is 31.2 Å². The third kappa shape index (κ3) is 3.42. The Morgan fingerprint density at radius 3 is 2.52 bits per heavy atom. The molecule has 2 rings (SSSR count). The van der Waals surface area contributed by atoms with Gasteiger partial charge in [0.15, 0.2) is 17.3 Å². The van der Waals surface area contributed by atoms with Crippen molar-refractivity contribution in [1.82, 2.24) is 0 Å². The van der Waals surface area contributed by atoms with Crippen molar-refractivity contribution < 1.29 is 28.6 Å². The molecule has 0 amide bonds. The van der Waals surface area contributed by atoms with Crippen molar-refractivity contribution in [2.45, 2.75) is 13.5 Å². The zero-order valence-corrected chi connectivity index (χ0v) is 11.6. The number of ether oxygens (including phenoxy) is 2. The average Bonchev–Trinajstić information content (AvgIpc) is 2.93. The zero-order chi connectivity index (χ0) is 15.4. The first-order valence-corrected chi connectivity index (χ1v) is 6.13. The van der Waals surface area contributed by atoms with Crippen molar-refractivity contribution in [2.24, 2.45) is 0 Å². The van der Waals surface area contributed by atoms with Crippen molar-refractivity contribution in [3.8, 4) is 11.5 Å². The van der Waals surface area contributed by atoms with Crippen molar-refractivity contribution in [1.29, 1.82) is 0 Å². The van der Waals surface area contributed by atoms with Gasteiger partial charge < -0.3 is 19.0 Å². The molecule has 21 heavy (non-hydrogen) atoms. The van der Waals surface area contributed by atoms with E-state index in [9.17, 15) is 9.59 Å². The van der Waals surface area contributed by atoms with Crippen LogP contribution < -0.4 is 9.47 Å². The summed E-state index contributed by atoms with van der Waals surface area (Å²) in [6, 6.07) is 6.23. The van der Waals surface area contributed by atoms with Gasteiger partial charge in [0.1, 0.15) is 18.6 Å². The summed E-state index contributed by atoms with van der Waals surface area (Å²) in [5.41, 5.74) is 0.581. The molecule has 1 aromatic carbocycles. The van der Waals surface area contributed by atoms with Crippen molar-refractivity contribution in [2.75, 3.05) is 7.11 Å². The molecule has 0 saturated carbocycles. The van der Waals surface area contributed by atoms with Gasteiger partial charge in [-0.3, -0.25) is 4.79 Å². The maximum Gasteiger partial charge on any atom is 0.338 e. The van der Waals surface area contributed by atoms with Crippen LogP contribution in [0.25, 0.3) is 0 Å². The molecular formula is C15H14O6. The molecule has 0 aliphatic rings. The largest absolute Gasteiger partial charge is 0.493 e. The second-order valence-corrected chi connectivity index (χ2v) is 4.32. The van der Waals surface area contributed by atoms with E-state index in [1.54, 1.807) is 18.2 Å². The SMILES string of the molecule is COc1cc(C(C)=O)ccc1OCc1cc(C(=O)O)co1. The quantitative estimate of drug-likeness (QED) is 0.823. The fourth-order valence-electron chi connectivity index (χ4n) is 1.72. The van der Waals surface area contributed by atoms with E-state index in [4.69, 9.17) is 19.0 Å². The normalized spacial score (nSPS) is 10.2. The molecule has 0 aliphatic carbocycles. The molecule has 2 aromatic rings. The zero-order valence-electron chi connectivity index (χ0n) is 11.6. The molecule has 1 aromatic heterocycles. The van der Waals surface area contributed by atoms with Gasteiger partial charge in [-0.2, -0.15) is 0 Å². The molecule has 0 spiro atoms. The van der Waals surface area contributed by atoms with Gasteiger partial charge in [0.2, 0.25) is 0 Å². The fourth-order valence-corrected chi connectivity index (χ4v) is 1.72. The van der Waals surface area contributed by atoms with E-state index in [1.807, 2.05) is 0 Å². The number of methoxy groups -OCH3 is 1. The number of carbonyl (C=O) groups is 2. The summed E-state index contributed by atoms with van der Waals surface area (Å²) in [5.74, 6) is 0.110. The average molecular weight is 290 g/mol. The Kier molecular flexibility index (Phi) is 4.27. The molecule has 0 bridgehead atoms. The lowest BCUT2D eigenvalue weighted by Crippen LogP contribution is -1.99. The van der Waals surface area contributed by atoms with Crippen LogP contribution in [0.5, 0.6) is 11.5 Å². The molecule has 6 nitrogen and oxygen atoms in total. The highest BCUT2D eigenvalue weighted by Crippen LogP contribution is 2.29. The number of hydrogen-bond donors (Lipinski definition) is 1. The lowest BCUT2D eigenvalue weighted by Gasteiger charge is -2.10. The highest BCUT2D eigenvalue weighted by molar-refractivity contribution is 5.94. The first-order valence-electron chi connectivity index (χ1n) is 6.13. The lowest BCUT2D eigenvalue weighted by atomic mass is 10.1. The van der Waals surface area contributed by atoms with Crippen LogP contribution in [0.15, 0.2) is 34.9 Å². The second-order valence-electron chi connectivity index (χ2n) is 4.32. The lowest BCUT2D eigenvalue weighted by molar-refractivity contribution is 0.0696. The standard InChI is InChI=1S/C15H14O6/c1-9(16)10-3-4-13(14(6-10)19-2)21-8-12-5-11(7-20-12)15(17)18/h3-7H,8H2,1-2H3,(H,17,18). The summed E-state index contributed by atoms with van der Waals surface area (Å²) in [6.45, 7) is 1.52. The molecule has 0 radical (unpaired) electrons. The third-order valence-corrected chi connectivity index (χ3v) is 2.84. The second kappa shape index (κ2) is 6.13. The van der Waals surface area contributed by atoms with Crippen LogP contribution >= 0.6 is 0 Å². The van der Waals surface area contributed by atoms with Gasteiger partial charge in [-0.15, -0.1) is 0 Å². The summed E-state index contributed by atoms with van der Waals surface area (Å²) in [4.78, 5) is 22.0. The molecule has 1 N–H and O–H groups in total.